The highest BCUT2D eigenvalue weighted by atomic mass is 35.5. The number of nitro groups is 1. The summed E-state index contributed by atoms with van der Waals surface area (Å²) in [6, 6.07) is 11.8. The van der Waals surface area contributed by atoms with Crippen molar-refractivity contribution in [2.75, 3.05) is 10.6 Å². The van der Waals surface area contributed by atoms with Crippen molar-refractivity contribution in [1.82, 2.24) is 9.97 Å². The van der Waals surface area contributed by atoms with E-state index in [0.29, 0.717) is 16.4 Å². The number of non-ortho nitro benzene ring substituents is 1. The maximum absolute atomic E-state index is 12.4. The number of aromatic amines is 1. The number of amides is 2. The van der Waals surface area contributed by atoms with Gasteiger partial charge in [-0.3, -0.25) is 19.7 Å². The minimum atomic E-state index is -0.609. The van der Waals surface area contributed by atoms with Gasteiger partial charge in [0, 0.05) is 28.5 Å². The normalized spacial score (nSPS) is 10.3. The molecule has 0 aliphatic carbocycles. The van der Waals surface area contributed by atoms with E-state index in [0.717, 1.165) is 0 Å². The van der Waals surface area contributed by atoms with Gasteiger partial charge >= 0.3 is 0 Å². The first kappa shape index (κ1) is 18.1. The SMILES string of the molecule is O=C(Nc1ccc(Cl)cc1)c1nc[nH]c1C(=O)Nc1ccc([N+](=O)[O-])cc1. The van der Waals surface area contributed by atoms with Gasteiger partial charge in [0.2, 0.25) is 0 Å². The summed E-state index contributed by atoms with van der Waals surface area (Å²) in [4.78, 5) is 41.4. The maximum Gasteiger partial charge on any atom is 0.276 e. The van der Waals surface area contributed by atoms with Gasteiger partial charge in [-0.25, -0.2) is 4.98 Å². The van der Waals surface area contributed by atoms with E-state index < -0.39 is 16.7 Å². The van der Waals surface area contributed by atoms with Gasteiger partial charge in [0.25, 0.3) is 17.5 Å². The second-order valence-electron chi connectivity index (χ2n) is 5.35. The molecule has 10 heteroatoms. The van der Waals surface area contributed by atoms with E-state index in [4.69, 9.17) is 11.6 Å². The van der Waals surface area contributed by atoms with E-state index in [9.17, 15) is 19.7 Å². The number of carbonyl (C=O) groups excluding carboxylic acids is 2. The lowest BCUT2D eigenvalue weighted by Crippen LogP contribution is -2.20. The number of hydrogen-bond donors (Lipinski definition) is 3. The number of carbonyl (C=O) groups is 2. The Labute approximate surface area is 157 Å². The van der Waals surface area contributed by atoms with Gasteiger partial charge in [-0.15, -0.1) is 0 Å². The topological polar surface area (TPSA) is 130 Å². The summed E-state index contributed by atoms with van der Waals surface area (Å²) >= 11 is 5.80. The van der Waals surface area contributed by atoms with Crippen LogP contribution in [0.1, 0.15) is 21.0 Å². The van der Waals surface area contributed by atoms with Crippen LogP contribution in [0.4, 0.5) is 17.1 Å². The number of nitro benzene ring substituents is 1. The zero-order valence-corrected chi connectivity index (χ0v) is 14.4. The van der Waals surface area contributed by atoms with Crippen LogP contribution in [-0.4, -0.2) is 26.7 Å². The fourth-order valence-corrected chi connectivity index (χ4v) is 2.35. The number of aromatic nitrogens is 2. The fraction of sp³-hybridized carbons (Fsp3) is 0. The number of rotatable bonds is 5. The molecule has 0 unspecified atom stereocenters. The predicted octanol–water partition coefficient (Wildman–Crippen LogP) is 3.48. The molecule has 1 heterocycles. The van der Waals surface area contributed by atoms with Gasteiger partial charge in [-0.2, -0.15) is 0 Å². The molecule has 0 aliphatic heterocycles. The largest absolute Gasteiger partial charge is 0.340 e. The zero-order valence-electron chi connectivity index (χ0n) is 13.6. The molecule has 0 atom stereocenters. The predicted molar refractivity (Wildman–Crippen MR) is 99.0 cm³/mol. The first-order valence-corrected chi connectivity index (χ1v) is 7.98. The molecule has 1 aromatic heterocycles. The molecule has 0 saturated heterocycles. The molecule has 3 N–H and O–H groups in total. The smallest absolute Gasteiger partial charge is 0.276 e. The Morgan fingerprint density at radius 3 is 2.11 bits per heavy atom. The van der Waals surface area contributed by atoms with Crippen molar-refractivity contribution in [3.05, 3.63) is 81.4 Å². The summed E-state index contributed by atoms with van der Waals surface area (Å²) in [7, 11) is 0. The molecule has 0 aliphatic rings. The summed E-state index contributed by atoms with van der Waals surface area (Å²) in [6.07, 6.45) is 1.22. The quantitative estimate of drug-likeness (QED) is 0.457. The molecule has 2 amide bonds. The third-order valence-corrected chi connectivity index (χ3v) is 3.77. The number of imidazole rings is 1. The average molecular weight is 386 g/mol. The van der Waals surface area contributed by atoms with Crippen molar-refractivity contribution in [2.45, 2.75) is 0 Å². The Hall–Kier alpha value is -3.72. The van der Waals surface area contributed by atoms with Crippen LogP contribution in [-0.2, 0) is 0 Å². The van der Waals surface area contributed by atoms with Crippen LogP contribution < -0.4 is 10.6 Å². The Kier molecular flexibility index (Phi) is 5.13. The highest BCUT2D eigenvalue weighted by Crippen LogP contribution is 2.18. The van der Waals surface area contributed by atoms with Gasteiger partial charge < -0.3 is 15.6 Å². The monoisotopic (exact) mass is 385 g/mol. The van der Waals surface area contributed by atoms with Crippen LogP contribution in [0.3, 0.4) is 0 Å². The third kappa shape index (κ3) is 4.28. The minimum Gasteiger partial charge on any atom is -0.340 e. The molecule has 0 saturated carbocycles. The highest BCUT2D eigenvalue weighted by Gasteiger charge is 2.21. The molecule has 3 rings (SSSR count). The summed E-state index contributed by atoms with van der Waals surface area (Å²) < 4.78 is 0. The second-order valence-corrected chi connectivity index (χ2v) is 5.78. The number of hydrogen-bond acceptors (Lipinski definition) is 5. The minimum absolute atomic E-state index is 0.0418. The fourth-order valence-electron chi connectivity index (χ4n) is 2.22. The van der Waals surface area contributed by atoms with Crippen molar-refractivity contribution >= 4 is 40.5 Å². The maximum atomic E-state index is 12.4. The Morgan fingerprint density at radius 2 is 1.52 bits per heavy atom. The lowest BCUT2D eigenvalue weighted by Gasteiger charge is -2.07. The standard InChI is InChI=1S/C17H12ClN5O4/c18-10-1-3-11(4-2-10)21-16(24)14-15(20-9-19-14)17(25)22-12-5-7-13(8-6-12)23(26)27/h1-9H,(H,19,20)(H,21,24)(H,22,25). The van der Waals surface area contributed by atoms with Crippen molar-refractivity contribution < 1.29 is 14.5 Å². The van der Waals surface area contributed by atoms with E-state index in [2.05, 4.69) is 20.6 Å². The van der Waals surface area contributed by atoms with Crippen molar-refractivity contribution in [1.29, 1.82) is 0 Å². The molecular weight excluding hydrogens is 374 g/mol. The zero-order chi connectivity index (χ0) is 19.4. The average Bonchev–Trinajstić information content (AvgIpc) is 3.14. The van der Waals surface area contributed by atoms with Crippen LogP contribution in [0.2, 0.25) is 5.02 Å². The number of nitrogens with one attached hydrogen (secondary N) is 3. The third-order valence-electron chi connectivity index (χ3n) is 3.52. The number of halogens is 1. The number of benzene rings is 2. The molecule has 3 aromatic rings. The van der Waals surface area contributed by atoms with E-state index in [1.165, 1.54) is 30.6 Å². The van der Waals surface area contributed by atoms with Gasteiger partial charge in [-0.05, 0) is 36.4 Å². The van der Waals surface area contributed by atoms with Crippen molar-refractivity contribution in [3.63, 3.8) is 0 Å². The molecule has 2 aromatic carbocycles. The Bertz CT molecular complexity index is 999. The molecule has 27 heavy (non-hydrogen) atoms. The highest BCUT2D eigenvalue weighted by molar-refractivity contribution is 6.30. The number of H-pyrrole nitrogens is 1. The summed E-state index contributed by atoms with van der Waals surface area (Å²) in [5.41, 5.74) is 0.597. The second kappa shape index (κ2) is 7.67. The molecule has 136 valence electrons. The van der Waals surface area contributed by atoms with E-state index >= 15 is 0 Å². The van der Waals surface area contributed by atoms with Crippen LogP contribution >= 0.6 is 11.6 Å². The van der Waals surface area contributed by atoms with Gasteiger partial charge in [0.05, 0.1) is 11.3 Å². The Balaban J connectivity index is 1.73. The van der Waals surface area contributed by atoms with E-state index in [1.807, 2.05) is 0 Å². The van der Waals surface area contributed by atoms with Crippen molar-refractivity contribution in [2.24, 2.45) is 0 Å². The van der Waals surface area contributed by atoms with Crippen LogP contribution in [0.25, 0.3) is 0 Å². The molecule has 9 nitrogen and oxygen atoms in total. The molecule has 0 spiro atoms. The van der Waals surface area contributed by atoms with Gasteiger partial charge in [-0.1, -0.05) is 11.6 Å². The van der Waals surface area contributed by atoms with Crippen LogP contribution in [0.15, 0.2) is 54.9 Å². The van der Waals surface area contributed by atoms with Crippen LogP contribution in [0.5, 0.6) is 0 Å². The molecule has 0 radical (unpaired) electrons. The van der Waals surface area contributed by atoms with E-state index in [1.54, 1.807) is 24.3 Å². The lowest BCUT2D eigenvalue weighted by atomic mass is 10.2. The lowest BCUT2D eigenvalue weighted by molar-refractivity contribution is -0.384. The first-order chi connectivity index (χ1) is 12.9. The van der Waals surface area contributed by atoms with Crippen molar-refractivity contribution in [3.8, 4) is 0 Å². The number of anilines is 2. The van der Waals surface area contributed by atoms with E-state index in [-0.39, 0.29) is 17.1 Å². The molecule has 0 bridgehead atoms. The Morgan fingerprint density at radius 1 is 0.963 bits per heavy atom. The van der Waals surface area contributed by atoms with Crippen LogP contribution in [0, 0.1) is 10.1 Å². The summed E-state index contributed by atoms with van der Waals surface area (Å²) in [6.45, 7) is 0. The van der Waals surface area contributed by atoms with Gasteiger partial charge in [0.15, 0.2) is 5.69 Å². The summed E-state index contributed by atoms with van der Waals surface area (Å²) in [5, 5.41) is 16.3. The molecular formula is C17H12ClN5O4. The summed E-state index contributed by atoms with van der Waals surface area (Å²) in [5.74, 6) is -1.19. The number of nitrogens with zero attached hydrogens (tertiary/aromatic N) is 2. The molecule has 0 fully saturated rings. The van der Waals surface area contributed by atoms with Gasteiger partial charge in [0.1, 0.15) is 5.69 Å². The first-order valence-electron chi connectivity index (χ1n) is 7.60.